The predicted octanol–water partition coefficient (Wildman–Crippen LogP) is 3.66. The Morgan fingerprint density at radius 1 is 1.23 bits per heavy atom. The minimum atomic E-state index is -0.545. The van der Waals surface area contributed by atoms with Crippen molar-refractivity contribution in [2.75, 3.05) is 36.5 Å². The normalized spacial score (nSPS) is 16.8. The number of hydrogen-bond donors (Lipinski definition) is 3. The van der Waals surface area contributed by atoms with E-state index < -0.39 is 5.82 Å². The Bertz CT molecular complexity index is 1290. The van der Waals surface area contributed by atoms with E-state index >= 15 is 4.39 Å². The predicted molar refractivity (Wildman–Crippen MR) is 122 cm³/mol. The summed E-state index contributed by atoms with van der Waals surface area (Å²) in [5.74, 6) is 0.0729. The van der Waals surface area contributed by atoms with Gasteiger partial charge in [0.25, 0.3) is 0 Å². The van der Waals surface area contributed by atoms with Crippen LogP contribution in [0.1, 0.15) is 6.42 Å². The number of nitrogens with two attached hydrogens (primary N) is 2. The molecule has 1 aliphatic rings. The van der Waals surface area contributed by atoms with Crippen molar-refractivity contribution in [2.24, 2.45) is 0 Å². The van der Waals surface area contributed by atoms with Crippen LogP contribution in [0.25, 0.3) is 32.2 Å². The molecule has 0 bridgehead atoms. The molecule has 0 radical (unpaired) electrons. The number of benzene rings is 2. The highest BCUT2D eigenvalue weighted by Gasteiger charge is 2.26. The fourth-order valence-corrected chi connectivity index (χ4v) is 4.99. The highest BCUT2D eigenvalue weighted by atomic mass is 35.5. The molecule has 2 aromatic heterocycles. The van der Waals surface area contributed by atoms with Gasteiger partial charge in [-0.25, -0.2) is 14.4 Å². The molecule has 1 aliphatic heterocycles. The van der Waals surface area contributed by atoms with E-state index in [1.807, 2.05) is 24.1 Å². The van der Waals surface area contributed by atoms with Crippen molar-refractivity contribution < 1.29 is 4.39 Å². The first kappa shape index (κ1) is 19.2. The maximum atomic E-state index is 15.8. The molecular formula is C20H19ClFN7S. The van der Waals surface area contributed by atoms with E-state index in [1.165, 1.54) is 11.3 Å². The molecule has 1 saturated heterocycles. The molecule has 1 atom stereocenters. The van der Waals surface area contributed by atoms with Gasteiger partial charge in [0.2, 0.25) is 5.95 Å². The van der Waals surface area contributed by atoms with Crippen LogP contribution in [-0.4, -0.2) is 41.1 Å². The van der Waals surface area contributed by atoms with E-state index in [2.05, 4.69) is 20.3 Å². The van der Waals surface area contributed by atoms with Crippen molar-refractivity contribution in [3.8, 4) is 11.1 Å². The Kier molecular flexibility index (Phi) is 4.61. The minimum Gasteiger partial charge on any atom is -0.383 e. The highest BCUT2D eigenvalue weighted by Crippen LogP contribution is 2.41. The second-order valence-electron chi connectivity index (χ2n) is 7.28. The molecule has 0 spiro atoms. The van der Waals surface area contributed by atoms with Gasteiger partial charge in [0.1, 0.15) is 11.3 Å². The number of nitrogens with zero attached hydrogens (tertiary/aromatic N) is 4. The number of likely N-dealkylation sites (N-methyl/N-ethyl adjacent to an activating group) is 1. The third-order valence-electron chi connectivity index (χ3n) is 5.48. The van der Waals surface area contributed by atoms with Gasteiger partial charge in [0.05, 0.1) is 15.2 Å². The van der Waals surface area contributed by atoms with E-state index in [9.17, 15) is 0 Å². The smallest absolute Gasteiger partial charge is 0.228 e. The Morgan fingerprint density at radius 3 is 2.83 bits per heavy atom. The summed E-state index contributed by atoms with van der Waals surface area (Å²) >= 11 is 7.84. The van der Waals surface area contributed by atoms with Crippen LogP contribution in [0.5, 0.6) is 0 Å². The van der Waals surface area contributed by atoms with Crippen molar-refractivity contribution >= 4 is 61.0 Å². The molecule has 0 aliphatic carbocycles. The third kappa shape index (κ3) is 3.01. The van der Waals surface area contributed by atoms with Gasteiger partial charge in [0.15, 0.2) is 10.9 Å². The van der Waals surface area contributed by atoms with Crippen LogP contribution < -0.4 is 21.7 Å². The summed E-state index contributed by atoms with van der Waals surface area (Å²) in [5, 5.41) is 4.27. The van der Waals surface area contributed by atoms with Crippen molar-refractivity contribution in [2.45, 2.75) is 12.5 Å². The molecule has 3 heterocycles. The van der Waals surface area contributed by atoms with E-state index in [0.717, 1.165) is 24.2 Å². The van der Waals surface area contributed by atoms with Gasteiger partial charge in [-0.1, -0.05) is 35.1 Å². The third-order valence-corrected chi connectivity index (χ3v) is 6.63. The van der Waals surface area contributed by atoms with Crippen molar-refractivity contribution in [1.29, 1.82) is 0 Å². The lowest BCUT2D eigenvalue weighted by molar-refractivity contribution is 0.616. The SMILES string of the molecule is CNC1CCN(c2nc(N)c3cc(Cl)c(-c4cccc5sc(N)nc45)c(F)c3n2)C1. The average Bonchev–Trinajstić information content (AvgIpc) is 3.35. The number of fused-ring (bicyclic) bond motifs is 2. The lowest BCUT2D eigenvalue weighted by atomic mass is 10.0. The lowest BCUT2D eigenvalue weighted by Gasteiger charge is -2.18. The first-order valence-corrected chi connectivity index (χ1v) is 10.7. The molecule has 30 heavy (non-hydrogen) atoms. The number of anilines is 3. The standard InChI is InChI=1S/C20H19ClFN7S/c1-25-9-5-6-29(8-9)20-27-17-11(18(23)28-20)7-12(21)14(15(17)22)10-3-2-4-13-16(10)26-19(24)30-13/h2-4,7,9,25H,5-6,8H2,1H3,(H2,24,26)(H2,23,27,28). The monoisotopic (exact) mass is 443 g/mol. The number of nitrogen functional groups attached to an aromatic ring is 2. The molecule has 5 rings (SSSR count). The van der Waals surface area contributed by atoms with E-state index in [-0.39, 0.29) is 21.9 Å². The van der Waals surface area contributed by atoms with Crippen molar-refractivity contribution in [3.63, 3.8) is 0 Å². The Labute approximate surface area is 180 Å². The number of nitrogens with one attached hydrogen (secondary N) is 1. The maximum absolute atomic E-state index is 15.8. The van der Waals surface area contributed by atoms with E-state index in [1.54, 1.807) is 12.1 Å². The minimum absolute atomic E-state index is 0.144. The van der Waals surface area contributed by atoms with Crippen molar-refractivity contribution in [1.82, 2.24) is 20.3 Å². The molecular weight excluding hydrogens is 425 g/mol. The van der Waals surface area contributed by atoms with Gasteiger partial charge >= 0.3 is 0 Å². The fourth-order valence-electron chi connectivity index (χ4n) is 3.94. The zero-order valence-electron chi connectivity index (χ0n) is 16.1. The van der Waals surface area contributed by atoms with Gasteiger partial charge in [-0.2, -0.15) is 4.98 Å². The fraction of sp³-hybridized carbons (Fsp3) is 0.250. The molecule has 10 heteroatoms. The first-order valence-electron chi connectivity index (χ1n) is 9.49. The lowest BCUT2D eigenvalue weighted by Crippen LogP contribution is -2.30. The van der Waals surface area contributed by atoms with E-state index in [4.69, 9.17) is 23.1 Å². The van der Waals surface area contributed by atoms with Gasteiger partial charge < -0.3 is 21.7 Å². The largest absolute Gasteiger partial charge is 0.383 e. The molecule has 5 N–H and O–H groups in total. The summed E-state index contributed by atoms with van der Waals surface area (Å²) in [6.07, 6.45) is 0.958. The number of rotatable bonds is 3. The van der Waals surface area contributed by atoms with Crippen LogP contribution in [-0.2, 0) is 0 Å². The average molecular weight is 444 g/mol. The van der Waals surface area contributed by atoms with E-state index in [0.29, 0.717) is 33.6 Å². The number of hydrogen-bond acceptors (Lipinski definition) is 8. The number of halogens is 2. The van der Waals surface area contributed by atoms with Crippen LogP contribution >= 0.6 is 22.9 Å². The summed E-state index contributed by atoms with van der Waals surface area (Å²) < 4.78 is 16.7. The number of para-hydroxylation sites is 1. The molecule has 0 saturated carbocycles. The molecule has 154 valence electrons. The molecule has 0 amide bonds. The van der Waals surface area contributed by atoms with Gasteiger partial charge in [0, 0.05) is 35.6 Å². The van der Waals surface area contributed by atoms with Gasteiger partial charge in [-0.15, -0.1) is 0 Å². The van der Waals surface area contributed by atoms with Crippen LogP contribution in [0, 0.1) is 5.82 Å². The second kappa shape index (κ2) is 7.19. The van der Waals surface area contributed by atoms with Crippen LogP contribution in [0.4, 0.5) is 21.3 Å². The second-order valence-corrected chi connectivity index (χ2v) is 8.75. The summed E-state index contributed by atoms with van der Waals surface area (Å²) in [5.41, 5.74) is 13.6. The highest BCUT2D eigenvalue weighted by molar-refractivity contribution is 7.22. The number of aromatic nitrogens is 3. The summed E-state index contributed by atoms with van der Waals surface area (Å²) in [6.45, 7) is 1.51. The molecule has 2 aromatic carbocycles. The Balaban J connectivity index is 1.72. The van der Waals surface area contributed by atoms with Crippen LogP contribution in [0.3, 0.4) is 0 Å². The topological polar surface area (TPSA) is 106 Å². The summed E-state index contributed by atoms with van der Waals surface area (Å²) in [7, 11) is 1.92. The molecule has 1 unspecified atom stereocenters. The summed E-state index contributed by atoms with van der Waals surface area (Å²) in [6, 6.07) is 7.45. The summed E-state index contributed by atoms with van der Waals surface area (Å²) in [4.78, 5) is 15.3. The molecule has 4 aromatic rings. The van der Waals surface area contributed by atoms with Crippen LogP contribution in [0.15, 0.2) is 24.3 Å². The Hall–Kier alpha value is -2.75. The van der Waals surface area contributed by atoms with Crippen molar-refractivity contribution in [3.05, 3.63) is 35.1 Å². The maximum Gasteiger partial charge on any atom is 0.228 e. The molecule has 1 fully saturated rings. The quantitative estimate of drug-likeness (QED) is 0.443. The zero-order valence-corrected chi connectivity index (χ0v) is 17.7. The zero-order chi connectivity index (χ0) is 21.0. The van der Waals surface area contributed by atoms with Gasteiger partial charge in [-0.05, 0) is 25.6 Å². The number of thiazole rings is 1. The Morgan fingerprint density at radius 2 is 2.07 bits per heavy atom. The molecule has 7 nitrogen and oxygen atoms in total. The first-order chi connectivity index (χ1) is 14.5. The van der Waals surface area contributed by atoms with Gasteiger partial charge in [-0.3, -0.25) is 0 Å². The van der Waals surface area contributed by atoms with Crippen LogP contribution in [0.2, 0.25) is 5.02 Å².